The third kappa shape index (κ3) is 4.28. The van der Waals surface area contributed by atoms with Crippen molar-refractivity contribution in [3.8, 4) is 0 Å². The molecule has 0 aromatic heterocycles. The maximum atomic E-state index is 8.70. The summed E-state index contributed by atoms with van der Waals surface area (Å²) in [4.78, 5) is 2.47. The highest BCUT2D eigenvalue weighted by molar-refractivity contribution is 5.15. The van der Waals surface area contributed by atoms with Gasteiger partial charge in [0.05, 0.1) is 6.61 Å². The molecule has 0 bridgehead atoms. The van der Waals surface area contributed by atoms with Crippen LogP contribution in [0.15, 0.2) is 42.5 Å². The first-order valence-corrected chi connectivity index (χ1v) is 6.90. The molecular formula is C16H23NO. The zero-order valence-corrected chi connectivity index (χ0v) is 11.0. The van der Waals surface area contributed by atoms with Crippen LogP contribution in [0.4, 0.5) is 0 Å². The summed E-state index contributed by atoms with van der Waals surface area (Å²) >= 11 is 0. The topological polar surface area (TPSA) is 23.5 Å². The van der Waals surface area contributed by atoms with Crippen molar-refractivity contribution in [3.63, 3.8) is 0 Å². The largest absolute Gasteiger partial charge is 0.392 e. The van der Waals surface area contributed by atoms with Gasteiger partial charge in [0.25, 0.3) is 0 Å². The van der Waals surface area contributed by atoms with Crippen LogP contribution in [0, 0.1) is 5.92 Å². The first-order valence-electron chi connectivity index (χ1n) is 6.90. The number of nitrogens with zero attached hydrogens (tertiary/aromatic N) is 1. The van der Waals surface area contributed by atoms with Gasteiger partial charge >= 0.3 is 0 Å². The molecule has 0 atom stereocenters. The van der Waals surface area contributed by atoms with Crippen molar-refractivity contribution in [2.45, 2.75) is 19.3 Å². The van der Waals surface area contributed by atoms with E-state index in [1.165, 1.54) is 37.9 Å². The molecule has 1 aromatic carbocycles. The second-order valence-corrected chi connectivity index (χ2v) is 5.09. The van der Waals surface area contributed by atoms with E-state index in [2.05, 4.69) is 41.3 Å². The molecule has 0 amide bonds. The van der Waals surface area contributed by atoms with Gasteiger partial charge in [0.15, 0.2) is 0 Å². The predicted molar refractivity (Wildman–Crippen MR) is 75.5 cm³/mol. The molecule has 1 aromatic rings. The Morgan fingerprint density at radius 2 is 1.83 bits per heavy atom. The van der Waals surface area contributed by atoms with Gasteiger partial charge in [-0.05, 0) is 43.8 Å². The van der Waals surface area contributed by atoms with Crippen molar-refractivity contribution < 1.29 is 5.11 Å². The van der Waals surface area contributed by atoms with E-state index in [9.17, 15) is 0 Å². The summed E-state index contributed by atoms with van der Waals surface area (Å²) in [5.74, 6) is 0.838. The zero-order valence-electron chi connectivity index (χ0n) is 11.0. The molecule has 0 unspecified atom stereocenters. The van der Waals surface area contributed by atoms with Crippen molar-refractivity contribution in [1.29, 1.82) is 0 Å². The molecule has 0 spiro atoms. The van der Waals surface area contributed by atoms with Gasteiger partial charge in [-0.3, -0.25) is 4.90 Å². The Kier molecular flexibility index (Phi) is 5.43. The van der Waals surface area contributed by atoms with Crippen LogP contribution in [-0.2, 0) is 6.42 Å². The zero-order chi connectivity index (χ0) is 12.6. The van der Waals surface area contributed by atoms with Crippen LogP contribution in [0.2, 0.25) is 0 Å². The molecule has 0 saturated carbocycles. The second kappa shape index (κ2) is 7.34. The van der Waals surface area contributed by atoms with Crippen molar-refractivity contribution in [2.24, 2.45) is 5.92 Å². The van der Waals surface area contributed by atoms with Gasteiger partial charge in [-0.25, -0.2) is 0 Å². The Morgan fingerprint density at radius 1 is 1.11 bits per heavy atom. The molecule has 1 saturated heterocycles. The van der Waals surface area contributed by atoms with E-state index in [4.69, 9.17) is 5.11 Å². The maximum Gasteiger partial charge on any atom is 0.0612 e. The summed E-state index contributed by atoms with van der Waals surface area (Å²) in [5, 5.41) is 8.70. The van der Waals surface area contributed by atoms with Crippen LogP contribution in [-0.4, -0.2) is 36.2 Å². The number of aliphatic hydroxyl groups excluding tert-OH is 1. The smallest absolute Gasteiger partial charge is 0.0612 e. The summed E-state index contributed by atoms with van der Waals surface area (Å²) in [7, 11) is 0. The number of hydrogen-bond donors (Lipinski definition) is 1. The third-order valence-corrected chi connectivity index (χ3v) is 3.71. The molecule has 2 rings (SSSR count). The van der Waals surface area contributed by atoms with E-state index >= 15 is 0 Å². The van der Waals surface area contributed by atoms with Gasteiger partial charge < -0.3 is 5.11 Å². The molecule has 98 valence electrons. The molecular weight excluding hydrogens is 222 g/mol. The lowest BCUT2D eigenvalue weighted by Gasteiger charge is -2.31. The van der Waals surface area contributed by atoms with Gasteiger partial charge in [-0.1, -0.05) is 42.5 Å². The molecule has 1 N–H and O–H groups in total. The second-order valence-electron chi connectivity index (χ2n) is 5.09. The van der Waals surface area contributed by atoms with Crippen LogP contribution >= 0.6 is 0 Å². The molecule has 0 radical (unpaired) electrons. The average molecular weight is 245 g/mol. The standard InChI is InChI=1S/C16H23NO/c18-13-5-4-10-17-11-8-16(9-12-17)14-15-6-2-1-3-7-15/h1-7,16,18H,8-14H2/b5-4+. The molecule has 0 aliphatic carbocycles. The Balaban J connectivity index is 1.72. The minimum atomic E-state index is 0.157. The predicted octanol–water partition coefficient (Wildman–Crippen LogP) is 2.49. The lowest BCUT2D eigenvalue weighted by atomic mass is 9.90. The van der Waals surface area contributed by atoms with Gasteiger partial charge in [-0.15, -0.1) is 0 Å². The number of benzene rings is 1. The summed E-state index contributed by atoms with van der Waals surface area (Å²) < 4.78 is 0. The number of hydrogen-bond acceptors (Lipinski definition) is 2. The maximum absolute atomic E-state index is 8.70. The highest BCUT2D eigenvalue weighted by Crippen LogP contribution is 2.21. The molecule has 1 aliphatic heterocycles. The Bertz CT molecular complexity index is 353. The molecule has 1 heterocycles. The molecule has 2 nitrogen and oxygen atoms in total. The van der Waals surface area contributed by atoms with E-state index in [1.807, 2.05) is 6.08 Å². The first-order chi connectivity index (χ1) is 8.88. The number of piperidine rings is 1. The summed E-state index contributed by atoms with van der Waals surface area (Å²) in [5.41, 5.74) is 1.47. The first kappa shape index (κ1) is 13.3. The molecule has 18 heavy (non-hydrogen) atoms. The van der Waals surface area contributed by atoms with Gasteiger partial charge in [-0.2, -0.15) is 0 Å². The van der Waals surface area contributed by atoms with E-state index in [0.29, 0.717) is 0 Å². The van der Waals surface area contributed by atoms with E-state index in [1.54, 1.807) is 0 Å². The fraction of sp³-hybridized carbons (Fsp3) is 0.500. The highest BCUT2D eigenvalue weighted by Gasteiger charge is 2.18. The van der Waals surface area contributed by atoms with Gasteiger partial charge in [0.1, 0.15) is 0 Å². The van der Waals surface area contributed by atoms with Crippen molar-refractivity contribution in [2.75, 3.05) is 26.2 Å². The average Bonchev–Trinajstić information content (AvgIpc) is 2.42. The summed E-state index contributed by atoms with van der Waals surface area (Å²) in [6, 6.07) is 10.8. The lowest BCUT2D eigenvalue weighted by molar-refractivity contribution is 0.200. The van der Waals surface area contributed by atoms with Crippen LogP contribution in [0.5, 0.6) is 0 Å². The third-order valence-electron chi connectivity index (χ3n) is 3.71. The van der Waals surface area contributed by atoms with Crippen LogP contribution in [0.3, 0.4) is 0 Å². The van der Waals surface area contributed by atoms with Gasteiger partial charge in [0.2, 0.25) is 0 Å². The molecule has 1 fully saturated rings. The molecule has 1 aliphatic rings. The fourth-order valence-electron chi connectivity index (χ4n) is 2.62. The van der Waals surface area contributed by atoms with Crippen LogP contribution in [0.1, 0.15) is 18.4 Å². The Morgan fingerprint density at radius 3 is 2.50 bits per heavy atom. The van der Waals surface area contributed by atoms with Crippen molar-refractivity contribution in [3.05, 3.63) is 48.0 Å². The van der Waals surface area contributed by atoms with Crippen molar-refractivity contribution in [1.82, 2.24) is 4.90 Å². The molecule has 2 heteroatoms. The van der Waals surface area contributed by atoms with E-state index in [0.717, 1.165) is 12.5 Å². The van der Waals surface area contributed by atoms with Gasteiger partial charge in [0, 0.05) is 6.54 Å². The minimum Gasteiger partial charge on any atom is -0.392 e. The Hall–Kier alpha value is -1.12. The number of aliphatic hydroxyl groups is 1. The quantitative estimate of drug-likeness (QED) is 0.806. The monoisotopic (exact) mass is 245 g/mol. The van der Waals surface area contributed by atoms with Crippen molar-refractivity contribution >= 4 is 0 Å². The Labute approximate surface area is 110 Å². The minimum absolute atomic E-state index is 0.157. The number of rotatable bonds is 5. The van der Waals surface area contributed by atoms with Crippen LogP contribution < -0.4 is 0 Å². The number of likely N-dealkylation sites (tertiary alicyclic amines) is 1. The van der Waals surface area contributed by atoms with Crippen LogP contribution in [0.25, 0.3) is 0 Å². The normalized spacial score (nSPS) is 18.5. The lowest BCUT2D eigenvalue weighted by Crippen LogP contribution is -2.34. The SMILES string of the molecule is OC/C=C/CN1CCC(Cc2ccccc2)CC1. The highest BCUT2D eigenvalue weighted by atomic mass is 16.2. The van der Waals surface area contributed by atoms with E-state index in [-0.39, 0.29) is 6.61 Å². The fourth-order valence-corrected chi connectivity index (χ4v) is 2.62. The van der Waals surface area contributed by atoms with E-state index < -0.39 is 0 Å². The summed E-state index contributed by atoms with van der Waals surface area (Å²) in [6.07, 6.45) is 7.71. The summed E-state index contributed by atoms with van der Waals surface area (Å²) in [6.45, 7) is 3.52.